The lowest BCUT2D eigenvalue weighted by Gasteiger charge is -2.43. The van der Waals surface area contributed by atoms with E-state index in [9.17, 15) is 4.79 Å². The lowest BCUT2D eigenvalue weighted by atomic mass is 9.83. The van der Waals surface area contributed by atoms with Gasteiger partial charge in [-0.25, -0.2) is 4.79 Å². The molecule has 3 heterocycles. The molecule has 1 aromatic heterocycles. The van der Waals surface area contributed by atoms with Gasteiger partial charge in [0.15, 0.2) is 0 Å². The highest BCUT2D eigenvalue weighted by molar-refractivity contribution is 6.31. The first-order valence-electron chi connectivity index (χ1n) is 11.2. The van der Waals surface area contributed by atoms with Crippen molar-refractivity contribution in [2.75, 3.05) is 13.1 Å². The smallest absolute Gasteiger partial charge is 0.410 e. The summed E-state index contributed by atoms with van der Waals surface area (Å²) in [7, 11) is 0. The van der Waals surface area contributed by atoms with Gasteiger partial charge < -0.3 is 19.5 Å². The first-order chi connectivity index (χ1) is 15.6. The molecule has 1 amide bonds. The third-order valence-corrected chi connectivity index (χ3v) is 5.88. The number of aromatic nitrogens is 1. The van der Waals surface area contributed by atoms with Gasteiger partial charge in [0, 0.05) is 41.9 Å². The second-order valence-corrected chi connectivity index (χ2v) is 8.19. The highest BCUT2D eigenvalue weighted by Crippen LogP contribution is 2.35. The monoisotopic (exact) mass is 453 g/mol. The Morgan fingerprint density at radius 2 is 1.84 bits per heavy atom. The van der Waals surface area contributed by atoms with E-state index >= 15 is 0 Å². The molecule has 32 heavy (non-hydrogen) atoms. The number of allylic oxidation sites excluding steroid dienone is 5. The molecule has 0 saturated carbocycles. The van der Waals surface area contributed by atoms with Crippen molar-refractivity contribution in [1.82, 2.24) is 14.8 Å². The maximum Gasteiger partial charge on any atom is 0.410 e. The number of carbonyl (C=O) groups is 1. The molecule has 1 fully saturated rings. The minimum atomic E-state index is -0.279. The molecule has 0 unspecified atom stereocenters. The van der Waals surface area contributed by atoms with Crippen molar-refractivity contribution >= 4 is 23.9 Å². The van der Waals surface area contributed by atoms with Crippen LogP contribution in [0.4, 0.5) is 4.79 Å². The number of amides is 1. The molecule has 2 aliphatic rings. The van der Waals surface area contributed by atoms with Gasteiger partial charge in [0.05, 0.1) is 5.54 Å². The fraction of sp³-hybridized carbons (Fsp3) is 0.346. The zero-order valence-corrected chi connectivity index (χ0v) is 19.8. The molecular weight excluding hydrogens is 422 g/mol. The second kappa shape index (κ2) is 11.1. The molecule has 0 aliphatic carbocycles. The maximum atomic E-state index is 12.6. The summed E-state index contributed by atoms with van der Waals surface area (Å²) < 4.78 is 7.65. The van der Waals surface area contributed by atoms with Crippen LogP contribution in [0.3, 0.4) is 0 Å². The van der Waals surface area contributed by atoms with Crippen LogP contribution < -0.4 is 5.32 Å². The molecule has 5 nitrogen and oxygen atoms in total. The minimum absolute atomic E-state index is 0.262. The lowest BCUT2D eigenvalue weighted by Crippen LogP contribution is -2.52. The Morgan fingerprint density at radius 3 is 2.56 bits per heavy atom. The van der Waals surface area contributed by atoms with Crippen molar-refractivity contribution in [1.29, 1.82) is 0 Å². The Hall–Kier alpha value is -2.92. The molecule has 0 radical (unpaired) electrons. The summed E-state index contributed by atoms with van der Waals surface area (Å²) in [5, 5.41) is 4.36. The van der Waals surface area contributed by atoms with E-state index in [1.54, 1.807) is 4.90 Å². The van der Waals surface area contributed by atoms with Crippen molar-refractivity contribution in [3.63, 3.8) is 0 Å². The van der Waals surface area contributed by atoms with Crippen LogP contribution in [-0.2, 0) is 16.9 Å². The number of fused-ring (bicyclic) bond motifs is 2. The van der Waals surface area contributed by atoms with E-state index in [-0.39, 0.29) is 11.6 Å². The molecule has 170 valence electrons. The van der Waals surface area contributed by atoms with Crippen LogP contribution in [0.2, 0.25) is 0 Å². The number of ether oxygens (including phenoxy) is 1. The molecule has 2 aromatic rings. The Morgan fingerprint density at radius 1 is 1.12 bits per heavy atom. The van der Waals surface area contributed by atoms with Gasteiger partial charge in [-0.2, -0.15) is 0 Å². The number of halogens is 1. The van der Waals surface area contributed by atoms with E-state index in [2.05, 4.69) is 16.0 Å². The van der Waals surface area contributed by atoms with E-state index in [1.165, 1.54) is 5.69 Å². The van der Waals surface area contributed by atoms with E-state index in [1.807, 2.05) is 87.8 Å². The fourth-order valence-corrected chi connectivity index (χ4v) is 4.39. The fourth-order valence-electron chi connectivity index (χ4n) is 4.15. The molecule has 1 N–H and O–H groups in total. The number of hydrogen-bond acceptors (Lipinski definition) is 3. The minimum Gasteiger partial charge on any atom is -0.445 e. The quantitative estimate of drug-likeness (QED) is 0.585. The molecule has 6 heteroatoms. The highest BCUT2D eigenvalue weighted by Gasteiger charge is 2.39. The van der Waals surface area contributed by atoms with Crippen molar-refractivity contribution < 1.29 is 9.53 Å². The van der Waals surface area contributed by atoms with Crippen molar-refractivity contribution in [2.45, 2.75) is 45.8 Å². The number of rotatable bonds is 2. The number of piperidine rings is 1. The van der Waals surface area contributed by atoms with Gasteiger partial charge in [0.25, 0.3) is 0 Å². The molecule has 1 spiro atoms. The van der Waals surface area contributed by atoms with Crippen LogP contribution in [0.1, 0.15) is 44.9 Å². The van der Waals surface area contributed by atoms with Gasteiger partial charge in [-0.1, -0.05) is 55.8 Å². The summed E-state index contributed by atoms with van der Waals surface area (Å²) in [6.07, 6.45) is 11.1. The predicted molar refractivity (Wildman–Crippen MR) is 131 cm³/mol. The highest BCUT2D eigenvalue weighted by atomic mass is 35.5. The molecule has 0 bridgehead atoms. The van der Waals surface area contributed by atoms with E-state index in [4.69, 9.17) is 16.3 Å². The normalized spacial score (nSPS) is 21.4. The maximum absolute atomic E-state index is 12.6. The number of benzene rings is 1. The van der Waals surface area contributed by atoms with Crippen molar-refractivity contribution in [3.05, 3.63) is 88.9 Å². The number of nitrogens with zero attached hydrogens (tertiary/aromatic N) is 2. The average molecular weight is 454 g/mol. The summed E-state index contributed by atoms with van der Waals surface area (Å²) in [6, 6.07) is 13.9. The first kappa shape index (κ1) is 23.7. The van der Waals surface area contributed by atoms with Gasteiger partial charge in [-0.05, 0) is 55.7 Å². The topological polar surface area (TPSA) is 46.5 Å². The molecule has 1 saturated heterocycles. The summed E-state index contributed by atoms with van der Waals surface area (Å²) in [6.45, 7) is 7.55. The molecule has 2 aliphatic heterocycles. The Labute approximate surface area is 196 Å². The number of likely N-dealkylation sites (tertiary alicyclic amines) is 1. The van der Waals surface area contributed by atoms with Crippen LogP contribution >= 0.6 is 11.6 Å². The second-order valence-electron chi connectivity index (χ2n) is 7.76. The Bertz CT molecular complexity index is 984. The van der Waals surface area contributed by atoms with Gasteiger partial charge in [0.1, 0.15) is 6.61 Å². The molecular formula is C26H32ClN3O2. The van der Waals surface area contributed by atoms with Crippen LogP contribution in [-0.4, -0.2) is 28.6 Å². The predicted octanol–water partition coefficient (Wildman–Crippen LogP) is 6.24. The largest absolute Gasteiger partial charge is 0.445 e. The number of carbonyl (C=O) groups excluding carboxylic acids is 1. The van der Waals surface area contributed by atoms with Crippen molar-refractivity contribution in [3.8, 4) is 0 Å². The van der Waals surface area contributed by atoms with Gasteiger partial charge >= 0.3 is 6.09 Å². The summed E-state index contributed by atoms with van der Waals surface area (Å²) in [5.74, 6) is 0. The van der Waals surface area contributed by atoms with E-state index in [0.29, 0.717) is 24.7 Å². The Kier molecular flexibility index (Phi) is 8.23. The zero-order valence-electron chi connectivity index (χ0n) is 19.1. The van der Waals surface area contributed by atoms with Crippen LogP contribution in [0.5, 0.6) is 0 Å². The lowest BCUT2D eigenvalue weighted by molar-refractivity contribution is 0.0726. The van der Waals surface area contributed by atoms with Crippen LogP contribution in [0.25, 0.3) is 6.20 Å². The van der Waals surface area contributed by atoms with E-state index < -0.39 is 0 Å². The van der Waals surface area contributed by atoms with E-state index in [0.717, 1.165) is 24.1 Å². The van der Waals surface area contributed by atoms with Crippen LogP contribution in [0.15, 0.2) is 77.6 Å². The Balaban J connectivity index is 0.00000141. The van der Waals surface area contributed by atoms with Crippen molar-refractivity contribution in [2.24, 2.45) is 0 Å². The summed E-state index contributed by atoms with van der Waals surface area (Å²) in [4.78, 5) is 14.4. The molecule has 4 rings (SSSR count). The molecule has 1 aromatic carbocycles. The van der Waals surface area contributed by atoms with Gasteiger partial charge in [0.2, 0.25) is 0 Å². The summed E-state index contributed by atoms with van der Waals surface area (Å²) >= 11 is 6.31. The third kappa shape index (κ3) is 5.65. The first-order valence-corrected chi connectivity index (χ1v) is 11.6. The number of nitrogens with one attached hydrogen (secondary N) is 1. The summed E-state index contributed by atoms with van der Waals surface area (Å²) in [5.41, 5.74) is 2.89. The average Bonchev–Trinajstić information content (AvgIpc) is 3.29. The third-order valence-electron chi connectivity index (χ3n) is 5.64. The molecule has 0 atom stereocenters. The number of hydrogen-bond donors (Lipinski definition) is 1. The van der Waals surface area contributed by atoms with Gasteiger partial charge in [-0.3, -0.25) is 0 Å². The zero-order chi connectivity index (χ0) is 23.0. The SMILES string of the molecule is CC.C\C1=C/C(Cl)=C\C=C\n2cccc2C2(CCN(C(=O)OCc3ccccc3)CC2)N1. The van der Waals surface area contributed by atoms with Gasteiger partial charge in [-0.15, -0.1) is 0 Å². The standard InChI is InChI=1S/C24H26ClN3O2.C2H6/c1-19-17-21(25)9-5-13-27-14-6-10-22(27)24(26-19)11-15-28(16-12-24)23(29)30-18-20-7-3-2-4-8-20;1-2/h2-10,13-14,17,26H,11-12,15-16,18H2,1H3;1-2H3/b13-5+,19-17+,21-9+;. The van der Waals surface area contributed by atoms with Crippen LogP contribution in [0, 0.1) is 0 Å².